The van der Waals surface area contributed by atoms with E-state index in [9.17, 15) is 0 Å². The van der Waals surface area contributed by atoms with Gasteiger partial charge in [-0.1, -0.05) is 16.8 Å². The van der Waals surface area contributed by atoms with Crippen LogP contribution in [0.2, 0.25) is 5.02 Å². The van der Waals surface area contributed by atoms with E-state index in [0.29, 0.717) is 5.02 Å². The highest BCUT2D eigenvalue weighted by Crippen LogP contribution is 2.18. The quantitative estimate of drug-likeness (QED) is 0.718. The van der Waals surface area contributed by atoms with E-state index in [1.165, 1.54) is 0 Å². The normalized spacial score (nSPS) is 10.5. The summed E-state index contributed by atoms with van der Waals surface area (Å²) >= 11 is 5.74. The van der Waals surface area contributed by atoms with Crippen molar-refractivity contribution in [3.8, 4) is 11.4 Å². The maximum atomic E-state index is 5.74. The summed E-state index contributed by atoms with van der Waals surface area (Å²) in [6, 6.07) is 3.62. The van der Waals surface area contributed by atoms with Gasteiger partial charge in [0.05, 0.1) is 16.4 Å². The smallest absolute Gasteiger partial charge is 0.134 e. The molecule has 0 aliphatic heterocycles. The van der Waals surface area contributed by atoms with Gasteiger partial charge < -0.3 is 0 Å². The van der Waals surface area contributed by atoms with Crippen LogP contribution < -0.4 is 0 Å². The van der Waals surface area contributed by atoms with Crippen LogP contribution in [-0.4, -0.2) is 20.0 Å². The van der Waals surface area contributed by atoms with Gasteiger partial charge in [-0.2, -0.15) is 0 Å². The van der Waals surface area contributed by atoms with E-state index in [2.05, 4.69) is 15.3 Å². The highest BCUT2D eigenvalue weighted by atomic mass is 35.5. The van der Waals surface area contributed by atoms with Crippen molar-refractivity contribution in [2.75, 3.05) is 0 Å². The van der Waals surface area contributed by atoms with E-state index in [1.54, 1.807) is 16.9 Å². The molecule has 2 rings (SSSR count). The van der Waals surface area contributed by atoms with Gasteiger partial charge in [-0.05, 0) is 19.1 Å². The third kappa shape index (κ3) is 1.48. The van der Waals surface area contributed by atoms with Crippen molar-refractivity contribution in [3.63, 3.8) is 0 Å². The highest BCUT2D eigenvalue weighted by molar-refractivity contribution is 6.30. The van der Waals surface area contributed by atoms with E-state index >= 15 is 0 Å². The third-order valence-corrected chi connectivity index (χ3v) is 2.30. The first-order valence-electron chi connectivity index (χ1n) is 4.16. The first-order chi connectivity index (χ1) is 6.68. The van der Waals surface area contributed by atoms with Gasteiger partial charge in [-0.15, -0.1) is 5.10 Å². The molecule has 0 aliphatic carbocycles. The Kier molecular flexibility index (Phi) is 2.21. The number of pyridine rings is 1. The number of halogens is 1. The molecule has 2 aromatic rings. The van der Waals surface area contributed by atoms with Crippen molar-refractivity contribution in [1.82, 2.24) is 20.0 Å². The van der Waals surface area contributed by atoms with Gasteiger partial charge in [0.2, 0.25) is 0 Å². The standard InChI is InChI=1S/C9H9ClN4/c1-6-9(12-13-14(6)2)8-4-3-7(10)5-11-8/h3-5H,1-2H3. The zero-order valence-electron chi connectivity index (χ0n) is 7.90. The van der Waals surface area contributed by atoms with Gasteiger partial charge in [-0.3, -0.25) is 9.67 Å². The molecule has 0 aliphatic rings. The van der Waals surface area contributed by atoms with Crippen molar-refractivity contribution in [2.45, 2.75) is 6.92 Å². The van der Waals surface area contributed by atoms with Crippen LogP contribution >= 0.6 is 11.6 Å². The zero-order chi connectivity index (χ0) is 10.1. The summed E-state index contributed by atoms with van der Waals surface area (Å²) in [5.74, 6) is 0. The van der Waals surface area contributed by atoms with Crippen molar-refractivity contribution in [3.05, 3.63) is 29.0 Å². The van der Waals surface area contributed by atoms with E-state index in [0.717, 1.165) is 17.1 Å². The molecule has 0 N–H and O–H groups in total. The fourth-order valence-electron chi connectivity index (χ4n) is 1.16. The molecule has 0 saturated carbocycles. The van der Waals surface area contributed by atoms with Crippen LogP contribution in [0.1, 0.15) is 5.69 Å². The van der Waals surface area contributed by atoms with E-state index in [4.69, 9.17) is 11.6 Å². The van der Waals surface area contributed by atoms with Crippen LogP contribution in [0.5, 0.6) is 0 Å². The first-order valence-corrected chi connectivity index (χ1v) is 4.54. The van der Waals surface area contributed by atoms with Crippen molar-refractivity contribution < 1.29 is 0 Å². The fraction of sp³-hybridized carbons (Fsp3) is 0.222. The fourth-order valence-corrected chi connectivity index (χ4v) is 1.27. The topological polar surface area (TPSA) is 43.6 Å². The summed E-state index contributed by atoms with van der Waals surface area (Å²) in [7, 11) is 1.85. The van der Waals surface area contributed by atoms with Gasteiger partial charge in [0.25, 0.3) is 0 Å². The number of hydrogen-bond donors (Lipinski definition) is 0. The molecule has 0 bridgehead atoms. The molecule has 0 radical (unpaired) electrons. The molecule has 2 aromatic heterocycles. The Morgan fingerprint density at radius 1 is 1.36 bits per heavy atom. The highest BCUT2D eigenvalue weighted by Gasteiger charge is 2.08. The predicted octanol–water partition coefficient (Wildman–Crippen LogP) is 1.84. The second-order valence-corrected chi connectivity index (χ2v) is 3.45. The molecule has 5 heteroatoms. The van der Waals surface area contributed by atoms with Crippen LogP contribution in [0.4, 0.5) is 0 Å². The minimum absolute atomic E-state index is 0.621. The van der Waals surface area contributed by atoms with Gasteiger partial charge >= 0.3 is 0 Å². The monoisotopic (exact) mass is 208 g/mol. The molecular formula is C9H9ClN4. The lowest BCUT2D eigenvalue weighted by Crippen LogP contribution is -1.93. The summed E-state index contributed by atoms with van der Waals surface area (Å²) in [6.45, 7) is 1.95. The number of hydrogen-bond acceptors (Lipinski definition) is 3. The molecule has 0 fully saturated rings. The van der Waals surface area contributed by atoms with Gasteiger partial charge in [-0.25, -0.2) is 0 Å². The zero-order valence-corrected chi connectivity index (χ0v) is 8.65. The molecular weight excluding hydrogens is 200 g/mol. The number of aryl methyl sites for hydroxylation is 1. The lowest BCUT2D eigenvalue weighted by Gasteiger charge is -1.97. The molecule has 0 aromatic carbocycles. The number of rotatable bonds is 1. The number of aromatic nitrogens is 4. The summed E-state index contributed by atoms with van der Waals surface area (Å²) in [5, 5.41) is 8.55. The van der Waals surface area contributed by atoms with Crippen LogP contribution in [-0.2, 0) is 7.05 Å². The summed E-state index contributed by atoms with van der Waals surface area (Å²) < 4.78 is 1.71. The molecule has 4 nitrogen and oxygen atoms in total. The SMILES string of the molecule is Cc1c(-c2ccc(Cl)cn2)nnn1C. The Balaban J connectivity index is 2.49. The van der Waals surface area contributed by atoms with E-state index in [-0.39, 0.29) is 0 Å². The molecule has 0 saturated heterocycles. The van der Waals surface area contributed by atoms with Crippen LogP contribution in [0, 0.1) is 6.92 Å². The van der Waals surface area contributed by atoms with E-state index in [1.807, 2.05) is 20.0 Å². The van der Waals surface area contributed by atoms with Crippen LogP contribution in [0.15, 0.2) is 18.3 Å². The largest absolute Gasteiger partial charge is 0.253 e. The summed E-state index contributed by atoms with van der Waals surface area (Å²) in [6.07, 6.45) is 1.60. The molecule has 0 atom stereocenters. The molecule has 72 valence electrons. The van der Waals surface area contributed by atoms with Gasteiger partial charge in [0, 0.05) is 13.2 Å². The minimum Gasteiger partial charge on any atom is -0.253 e. The Morgan fingerprint density at radius 2 is 2.14 bits per heavy atom. The third-order valence-electron chi connectivity index (χ3n) is 2.08. The summed E-state index contributed by atoms with van der Waals surface area (Å²) in [4.78, 5) is 4.17. The van der Waals surface area contributed by atoms with Crippen molar-refractivity contribution >= 4 is 11.6 Å². The second-order valence-electron chi connectivity index (χ2n) is 3.01. The predicted molar refractivity (Wildman–Crippen MR) is 54.0 cm³/mol. The maximum Gasteiger partial charge on any atom is 0.134 e. The maximum absolute atomic E-state index is 5.74. The van der Waals surface area contributed by atoms with Crippen molar-refractivity contribution in [1.29, 1.82) is 0 Å². The average molecular weight is 209 g/mol. The molecule has 2 heterocycles. The lowest BCUT2D eigenvalue weighted by molar-refractivity contribution is 0.696. The molecule has 0 spiro atoms. The first kappa shape index (κ1) is 9.15. The average Bonchev–Trinajstić information content (AvgIpc) is 2.50. The van der Waals surface area contributed by atoms with E-state index < -0.39 is 0 Å². The van der Waals surface area contributed by atoms with Gasteiger partial charge in [0.1, 0.15) is 5.69 Å². The molecule has 14 heavy (non-hydrogen) atoms. The Labute approximate surface area is 86.5 Å². The van der Waals surface area contributed by atoms with Gasteiger partial charge in [0.15, 0.2) is 0 Å². The second kappa shape index (κ2) is 3.38. The Bertz CT molecular complexity index is 446. The molecule has 0 amide bonds. The van der Waals surface area contributed by atoms with Crippen LogP contribution in [0.25, 0.3) is 11.4 Å². The van der Waals surface area contributed by atoms with Crippen molar-refractivity contribution in [2.24, 2.45) is 7.05 Å². The lowest BCUT2D eigenvalue weighted by atomic mass is 10.2. The molecule has 0 unspecified atom stereocenters. The Hall–Kier alpha value is -1.42. The summed E-state index contributed by atoms with van der Waals surface area (Å²) in [5.41, 5.74) is 2.57. The number of nitrogens with zero attached hydrogens (tertiary/aromatic N) is 4. The van der Waals surface area contributed by atoms with Crippen LogP contribution in [0.3, 0.4) is 0 Å². The Morgan fingerprint density at radius 3 is 2.64 bits per heavy atom. The minimum atomic E-state index is 0.621.